The first-order valence-corrected chi connectivity index (χ1v) is 4.09. The maximum absolute atomic E-state index is 9.58. The summed E-state index contributed by atoms with van der Waals surface area (Å²) < 4.78 is 0. The lowest BCUT2D eigenvalue weighted by molar-refractivity contribution is 0.0684. The minimum absolute atomic E-state index is 0.488. The van der Waals surface area contributed by atoms with Crippen LogP contribution in [0.3, 0.4) is 0 Å². The molecule has 0 fully saturated rings. The monoisotopic (exact) mass is 166 g/mol. The molecule has 0 saturated heterocycles. The molecule has 0 atom stereocenters. The van der Waals surface area contributed by atoms with Crippen LogP contribution in [0.25, 0.3) is 0 Å². The molecule has 0 saturated carbocycles. The molecule has 3 nitrogen and oxygen atoms in total. The average Bonchev–Trinajstić information content (AvgIpc) is 2.03. The Morgan fingerprint density at radius 3 is 2.67 bits per heavy atom. The van der Waals surface area contributed by atoms with E-state index in [1.807, 2.05) is 13.0 Å². The molecule has 3 heteroatoms. The topological polar surface area (TPSA) is 46.0 Å². The minimum atomic E-state index is -0.939. The summed E-state index contributed by atoms with van der Waals surface area (Å²) in [7, 11) is 0. The van der Waals surface area contributed by atoms with Crippen molar-refractivity contribution in [2.45, 2.75) is 32.8 Å². The lowest BCUT2D eigenvalue weighted by atomic mass is 10.1. The van der Waals surface area contributed by atoms with Crippen molar-refractivity contribution >= 4 is 0 Å². The average molecular weight is 166 g/mol. The molecule has 66 valence electrons. The Hall–Kier alpha value is -0.960. The molecule has 1 N–H and O–H groups in total. The van der Waals surface area contributed by atoms with Gasteiger partial charge in [0.2, 0.25) is 0 Å². The summed E-state index contributed by atoms with van der Waals surface area (Å²) in [4.78, 5) is 8.20. The van der Waals surface area contributed by atoms with Crippen molar-refractivity contribution in [2.75, 3.05) is 0 Å². The maximum atomic E-state index is 9.58. The van der Waals surface area contributed by atoms with Crippen LogP contribution in [-0.2, 0) is 12.0 Å². The highest BCUT2D eigenvalue weighted by molar-refractivity contribution is 5.06. The SMILES string of the molecule is CCc1ccnc(C(C)(C)O)n1. The van der Waals surface area contributed by atoms with Crippen LogP contribution in [0, 0.1) is 0 Å². The zero-order chi connectivity index (χ0) is 9.19. The van der Waals surface area contributed by atoms with E-state index in [-0.39, 0.29) is 0 Å². The molecule has 1 aromatic rings. The molecular weight excluding hydrogens is 152 g/mol. The zero-order valence-electron chi connectivity index (χ0n) is 7.70. The number of aryl methyl sites for hydroxylation is 1. The first kappa shape index (κ1) is 9.13. The highest BCUT2D eigenvalue weighted by atomic mass is 16.3. The molecule has 1 rings (SSSR count). The fraction of sp³-hybridized carbons (Fsp3) is 0.556. The Kier molecular flexibility index (Phi) is 2.43. The van der Waals surface area contributed by atoms with Crippen LogP contribution in [0.2, 0.25) is 0 Å². The lowest BCUT2D eigenvalue weighted by Gasteiger charge is -2.15. The van der Waals surface area contributed by atoms with E-state index in [1.54, 1.807) is 20.0 Å². The van der Waals surface area contributed by atoms with Gasteiger partial charge in [-0.2, -0.15) is 0 Å². The van der Waals surface area contributed by atoms with Gasteiger partial charge < -0.3 is 5.11 Å². The second kappa shape index (κ2) is 3.19. The number of aliphatic hydroxyl groups is 1. The molecule has 0 aromatic carbocycles. The highest BCUT2D eigenvalue weighted by Crippen LogP contribution is 2.14. The first-order chi connectivity index (χ1) is 5.54. The summed E-state index contributed by atoms with van der Waals surface area (Å²) in [6.07, 6.45) is 2.55. The summed E-state index contributed by atoms with van der Waals surface area (Å²) in [6, 6.07) is 1.86. The van der Waals surface area contributed by atoms with Crippen LogP contribution in [0.1, 0.15) is 32.3 Å². The van der Waals surface area contributed by atoms with Crippen molar-refractivity contribution in [3.8, 4) is 0 Å². The van der Waals surface area contributed by atoms with Crippen molar-refractivity contribution in [2.24, 2.45) is 0 Å². The molecule has 1 heterocycles. The van der Waals surface area contributed by atoms with E-state index in [1.165, 1.54) is 0 Å². The van der Waals surface area contributed by atoms with Crippen molar-refractivity contribution in [3.05, 3.63) is 23.8 Å². The van der Waals surface area contributed by atoms with Crippen LogP contribution < -0.4 is 0 Å². The third kappa shape index (κ3) is 2.01. The predicted octanol–water partition coefficient (Wildman–Crippen LogP) is 1.27. The summed E-state index contributed by atoms with van der Waals surface area (Å²) >= 11 is 0. The standard InChI is InChI=1S/C9H14N2O/c1-4-7-5-6-10-8(11-7)9(2,3)12/h5-6,12H,4H2,1-3H3. The third-order valence-electron chi connectivity index (χ3n) is 1.62. The number of nitrogens with zero attached hydrogens (tertiary/aromatic N) is 2. The smallest absolute Gasteiger partial charge is 0.159 e. The van der Waals surface area contributed by atoms with Crippen molar-refractivity contribution in [1.82, 2.24) is 9.97 Å². The number of hydrogen-bond acceptors (Lipinski definition) is 3. The second-order valence-corrected chi connectivity index (χ2v) is 3.28. The first-order valence-electron chi connectivity index (χ1n) is 4.09. The van der Waals surface area contributed by atoms with Gasteiger partial charge in [-0.05, 0) is 26.3 Å². The maximum Gasteiger partial charge on any atom is 0.159 e. The molecule has 0 unspecified atom stereocenters. The van der Waals surface area contributed by atoms with Gasteiger partial charge >= 0.3 is 0 Å². The van der Waals surface area contributed by atoms with Gasteiger partial charge in [0.15, 0.2) is 5.82 Å². The molecule has 0 radical (unpaired) electrons. The van der Waals surface area contributed by atoms with E-state index < -0.39 is 5.60 Å². The van der Waals surface area contributed by atoms with Gasteiger partial charge in [-0.25, -0.2) is 9.97 Å². The van der Waals surface area contributed by atoms with E-state index in [0.29, 0.717) is 5.82 Å². The van der Waals surface area contributed by atoms with Gasteiger partial charge in [0.1, 0.15) is 5.60 Å². The lowest BCUT2D eigenvalue weighted by Crippen LogP contribution is -2.20. The molecule has 0 aliphatic carbocycles. The summed E-state index contributed by atoms with van der Waals surface area (Å²) in [5, 5.41) is 9.58. The Balaban J connectivity index is 3.02. The molecule has 0 aliphatic rings. The van der Waals surface area contributed by atoms with Gasteiger partial charge in [-0.3, -0.25) is 0 Å². The van der Waals surface area contributed by atoms with E-state index >= 15 is 0 Å². The molecule has 0 amide bonds. The largest absolute Gasteiger partial charge is 0.382 e. The van der Waals surface area contributed by atoms with Gasteiger partial charge in [0.25, 0.3) is 0 Å². The van der Waals surface area contributed by atoms with Crippen LogP contribution in [0.5, 0.6) is 0 Å². The Labute approximate surface area is 72.5 Å². The third-order valence-corrected chi connectivity index (χ3v) is 1.62. The van der Waals surface area contributed by atoms with E-state index in [9.17, 15) is 5.11 Å². The molecule has 0 bridgehead atoms. The van der Waals surface area contributed by atoms with E-state index in [2.05, 4.69) is 9.97 Å². The molecule has 0 spiro atoms. The van der Waals surface area contributed by atoms with Crippen LogP contribution in [0.15, 0.2) is 12.3 Å². The van der Waals surface area contributed by atoms with Crippen LogP contribution >= 0.6 is 0 Å². The summed E-state index contributed by atoms with van der Waals surface area (Å²) in [6.45, 7) is 5.39. The van der Waals surface area contributed by atoms with Crippen molar-refractivity contribution in [1.29, 1.82) is 0 Å². The van der Waals surface area contributed by atoms with Gasteiger partial charge in [0.05, 0.1) is 0 Å². The molecule has 0 aliphatic heterocycles. The van der Waals surface area contributed by atoms with Crippen LogP contribution in [0.4, 0.5) is 0 Å². The van der Waals surface area contributed by atoms with Gasteiger partial charge in [-0.15, -0.1) is 0 Å². The summed E-state index contributed by atoms with van der Waals surface area (Å²) in [5.74, 6) is 0.488. The normalized spacial score (nSPS) is 11.7. The Morgan fingerprint density at radius 1 is 1.50 bits per heavy atom. The van der Waals surface area contributed by atoms with Crippen molar-refractivity contribution < 1.29 is 5.11 Å². The number of aromatic nitrogens is 2. The Bertz CT molecular complexity index is 265. The predicted molar refractivity (Wildman–Crippen MR) is 46.7 cm³/mol. The summed E-state index contributed by atoms with van der Waals surface area (Å²) in [5.41, 5.74) is 0.0210. The molecule has 1 aromatic heterocycles. The van der Waals surface area contributed by atoms with Gasteiger partial charge in [0, 0.05) is 11.9 Å². The highest BCUT2D eigenvalue weighted by Gasteiger charge is 2.19. The second-order valence-electron chi connectivity index (χ2n) is 3.28. The molecular formula is C9H14N2O. The van der Waals surface area contributed by atoms with E-state index in [0.717, 1.165) is 12.1 Å². The zero-order valence-corrected chi connectivity index (χ0v) is 7.70. The quantitative estimate of drug-likeness (QED) is 0.719. The number of rotatable bonds is 2. The van der Waals surface area contributed by atoms with Crippen LogP contribution in [-0.4, -0.2) is 15.1 Å². The van der Waals surface area contributed by atoms with Gasteiger partial charge in [-0.1, -0.05) is 6.92 Å². The molecule has 12 heavy (non-hydrogen) atoms. The minimum Gasteiger partial charge on any atom is -0.382 e. The fourth-order valence-electron chi connectivity index (χ4n) is 0.888. The fourth-order valence-corrected chi connectivity index (χ4v) is 0.888. The number of hydrogen-bond donors (Lipinski definition) is 1. The van der Waals surface area contributed by atoms with E-state index in [4.69, 9.17) is 0 Å². The van der Waals surface area contributed by atoms with Crippen molar-refractivity contribution in [3.63, 3.8) is 0 Å². The Morgan fingerprint density at radius 2 is 2.17 bits per heavy atom.